The lowest BCUT2D eigenvalue weighted by Crippen LogP contribution is -2.39. The van der Waals surface area contributed by atoms with E-state index in [0.717, 1.165) is 23.3 Å². The summed E-state index contributed by atoms with van der Waals surface area (Å²) < 4.78 is 15.6. The number of methoxy groups -OCH3 is 2. The number of benzene rings is 2. The van der Waals surface area contributed by atoms with Crippen molar-refractivity contribution in [2.24, 2.45) is 0 Å². The van der Waals surface area contributed by atoms with Crippen molar-refractivity contribution < 1.29 is 18.8 Å². The SMILES string of the molecule is COCc1cc(C(=O)N2Cc3cc(OC)ccc3CC2c2ccccc2)no1. The van der Waals surface area contributed by atoms with Crippen molar-refractivity contribution in [1.29, 1.82) is 0 Å². The molecule has 1 aliphatic rings. The summed E-state index contributed by atoms with van der Waals surface area (Å²) in [5, 5.41) is 3.96. The van der Waals surface area contributed by atoms with Gasteiger partial charge >= 0.3 is 0 Å². The first kappa shape index (κ1) is 18.3. The third-order valence-corrected chi connectivity index (χ3v) is 5.05. The number of aromatic nitrogens is 1. The Bertz CT molecular complexity index is 968. The molecule has 6 nitrogen and oxygen atoms in total. The first-order valence-electron chi connectivity index (χ1n) is 9.16. The highest BCUT2D eigenvalue weighted by molar-refractivity contribution is 5.92. The zero-order chi connectivity index (χ0) is 19.5. The predicted octanol–water partition coefficient (Wildman–Crippen LogP) is 3.77. The van der Waals surface area contributed by atoms with Crippen LogP contribution in [0.2, 0.25) is 0 Å². The van der Waals surface area contributed by atoms with E-state index in [-0.39, 0.29) is 18.6 Å². The van der Waals surface area contributed by atoms with Crippen LogP contribution >= 0.6 is 0 Å². The average Bonchev–Trinajstić information content (AvgIpc) is 3.21. The summed E-state index contributed by atoms with van der Waals surface area (Å²) in [6.07, 6.45) is 0.734. The Hall–Kier alpha value is -3.12. The molecule has 2 aromatic carbocycles. The van der Waals surface area contributed by atoms with Gasteiger partial charge in [-0.2, -0.15) is 0 Å². The number of carbonyl (C=O) groups is 1. The van der Waals surface area contributed by atoms with E-state index in [0.29, 0.717) is 18.0 Å². The Morgan fingerprint density at radius 1 is 1.14 bits per heavy atom. The van der Waals surface area contributed by atoms with Gasteiger partial charge in [0.1, 0.15) is 12.4 Å². The number of fused-ring (bicyclic) bond motifs is 1. The molecule has 1 aromatic heterocycles. The summed E-state index contributed by atoms with van der Waals surface area (Å²) in [7, 11) is 3.22. The minimum absolute atomic E-state index is 0.0721. The van der Waals surface area contributed by atoms with E-state index in [1.54, 1.807) is 20.3 Å². The minimum atomic E-state index is -0.159. The topological polar surface area (TPSA) is 64.8 Å². The van der Waals surface area contributed by atoms with Crippen LogP contribution in [0.5, 0.6) is 5.75 Å². The van der Waals surface area contributed by atoms with E-state index in [1.807, 2.05) is 35.2 Å². The highest BCUT2D eigenvalue weighted by Gasteiger charge is 2.33. The van der Waals surface area contributed by atoms with Crippen molar-refractivity contribution in [3.63, 3.8) is 0 Å². The molecule has 6 heteroatoms. The molecule has 1 aliphatic heterocycles. The second-order valence-corrected chi connectivity index (χ2v) is 6.81. The zero-order valence-electron chi connectivity index (χ0n) is 15.9. The summed E-state index contributed by atoms with van der Waals surface area (Å²) >= 11 is 0. The summed E-state index contributed by atoms with van der Waals surface area (Å²) in [6.45, 7) is 0.764. The van der Waals surface area contributed by atoms with Crippen molar-refractivity contribution in [2.45, 2.75) is 25.6 Å². The molecule has 0 N–H and O–H groups in total. The highest BCUT2D eigenvalue weighted by Crippen LogP contribution is 2.35. The van der Waals surface area contributed by atoms with E-state index < -0.39 is 0 Å². The van der Waals surface area contributed by atoms with Gasteiger partial charge < -0.3 is 18.9 Å². The maximum atomic E-state index is 13.3. The second kappa shape index (κ2) is 7.86. The Morgan fingerprint density at radius 3 is 2.71 bits per heavy atom. The quantitative estimate of drug-likeness (QED) is 0.676. The molecule has 1 amide bonds. The van der Waals surface area contributed by atoms with Crippen molar-refractivity contribution >= 4 is 5.91 Å². The molecule has 3 aromatic rings. The maximum absolute atomic E-state index is 13.3. The number of rotatable bonds is 5. The number of amides is 1. The van der Waals surface area contributed by atoms with Gasteiger partial charge in [0.05, 0.1) is 13.2 Å². The molecular formula is C22H22N2O4. The largest absolute Gasteiger partial charge is 0.497 e. The minimum Gasteiger partial charge on any atom is -0.497 e. The summed E-state index contributed by atoms with van der Waals surface area (Å²) in [5.74, 6) is 1.16. The lowest BCUT2D eigenvalue weighted by atomic mass is 9.89. The monoisotopic (exact) mass is 378 g/mol. The molecule has 0 bridgehead atoms. The standard InChI is InChI=1S/C22H22N2O4/c1-26-14-19-12-20(23-28-19)22(25)24-13-17-10-18(27-2)9-8-16(17)11-21(24)15-6-4-3-5-7-15/h3-10,12,21H,11,13-14H2,1-2H3. The van der Waals surface area contributed by atoms with E-state index in [2.05, 4.69) is 23.4 Å². The molecule has 0 saturated heterocycles. The number of hydrogen-bond donors (Lipinski definition) is 0. The van der Waals surface area contributed by atoms with Crippen LogP contribution in [0, 0.1) is 0 Å². The van der Waals surface area contributed by atoms with E-state index in [4.69, 9.17) is 14.0 Å². The number of ether oxygens (including phenoxy) is 2. The van der Waals surface area contributed by atoms with Crippen molar-refractivity contribution in [3.05, 3.63) is 82.7 Å². The van der Waals surface area contributed by atoms with Gasteiger partial charge in [-0.25, -0.2) is 0 Å². The molecule has 2 heterocycles. The van der Waals surface area contributed by atoms with Gasteiger partial charge in [-0.15, -0.1) is 0 Å². The molecular weight excluding hydrogens is 356 g/mol. The molecule has 144 valence electrons. The Morgan fingerprint density at radius 2 is 1.96 bits per heavy atom. The Balaban J connectivity index is 1.70. The van der Waals surface area contributed by atoms with Crippen molar-refractivity contribution in [1.82, 2.24) is 10.1 Å². The fourth-order valence-corrected chi connectivity index (χ4v) is 3.65. The molecule has 0 spiro atoms. The van der Waals surface area contributed by atoms with Crippen LogP contribution in [0.4, 0.5) is 0 Å². The summed E-state index contributed by atoms with van der Waals surface area (Å²) in [5.41, 5.74) is 3.69. The molecule has 0 fully saturated rings. The number of hydrogen-bond acceptors (Lipinski definition) is 5. The lowest BCUT2D eigenvalue weighted by molar-refractivity contribution is 0.0626. The molecule has 1 atom stereocenters. The normalized spacial score (nSPS) is 15.9. The van der Waals surface area contributed by atoms with Crippen molar-refractivity contribution in [3.8, 4) is 5.75 Å². The number of nitrogens with zero attached hydrogens (tertiary/aromatic N) is 2. The van der Waals surface area contributed by atoms with Gasteiger partial charge in [-0.3, -0.25) is 4.79 Å². The first-order valence-corrected chi connectivity index (χ1v) is 9.16. The summed E-state index contributed by atoms with van der Waals surface area (Å²) in [4.78, 5) is 15.1. The van der Waals surface area contributed by atoms with Crippen molar-refractivity contribution in [2.75, 3.05) is 14.2 Å². The molecule has 0 saturated carbocycles. The zero-order valence-corrected chi connectivity index (χ0v) is 15.9. The Kier molecular flexibility index (Phi) is 5.12. The summed E-state index contributed by atoms with van der Waals surface area (Å²) in [6, 6.07) is 17.7. The third kappa shape index (κ3) is 3.51. The second-order valence-electron chi connectivity index (χ2n) is 6.81. The van der Waals surface area contributed by atoms with Gasteiger partial charge in [0.15, 0.2) is 11.5 Å². The molecule has 1 unspecified atom stereocenters. The predicted molar refractivity (Wildman–Crippen MR) is 103 cm³/mol. The molecule has 0 radical (unpaired) electrons. The Labute approximate surface area is 163 Å². The van der Waals surface area contributed by atoms with Crippen LogP contribution in [0.1, 0.15) is 39.0 Å². The maximum Gasteiger partial charge on any atom is 0.276 e. The number of carbonyl (C=O) groups excluding carboxylic acids is 1. The van der Waals surface area contributed by atoms with E-state index in [1.165, 1.54) is 5.56 Å². The van der Waals surface area contributed by atoms with E-state index >= 15 is 0 Å². The first-order chi connectivity index (χ1) is 13.7. The fourth-order valence-electron chi connectivity index (χ4n) is 3.65. The van der Waals surface area contributed by atoms with E-state index in [9.17, 15) is 4.79 Å². The van der Waals surface area contributed by atoms with Gasteiger partial charge in [-0.05, 0) is 35.2 Å². The fraction of sp³-hybridized carbons (Fsp3) is 0.273. The molecule has 0 aliphatic carbocycles. The van der Waals surface area contributed by atoms with Crippen LogP contribution in [-0.4, -0.2) is 30.2 Å². The smallest absolute Gasteiger partial charge is 0.276 e. The molecule has 4 rings (SSSR count). The van der Waals surface area contributed by atoms with Gasteiger partial charge in [-0.1, -0.05) is 41.6 Å². The average molecular weight is 378 g/mol. The van der Waals surface area contributed by atoms with Gasteiger partial charge in [0, 0.05) is 19.7 Å². The lowest BCUT2D eigenvalue weighted by Gasteiger charge is -2.37. The van der Waals surface area contributed by atoms with Crippen LogP contribution in [0.25, 0.3) is 0 Å². The highest BCUT2D eigenvalue weighted by atomic mass is 16.5. The van der Waals surface area contributed by atoms with Crippen LogP contribution < -0.4 is 4.74 Å². The van der Waals surface area contributed by atoms with Gasteiger partial charge in [0.25, 0.3) is 5.91 Å². The third-order valence-electron chi connectivity index (χ3n) is 5.05. The van der Waals surface area contributed by atoms with Crippen LogP contribution in [0.15, 0.2) is 59.1 Å². The molecule has 28 heavy (non-hydrogen) atoms. The van der Waals surface area contributed by atoms with Crippen LogP contribution in [-0.2, 0) is 24.3 Å². The van der Waals surface area contributed by atoms with Gasteiger partial charge in [0.2, 0.25) is 0 Å². The van der Waals surface area contributed by atoms with Crippen LogP contribution in [0.3, 0.4) is 0 Å².